The maximum atomic E-state index is 11.6. The first kappa shape index (κ1) is 14.4. The fraction of sp³-hybridized carbons (Fsp3) is 0.889. The molecule has 0 unspecified atom stereocenters. The molecule has 0 amide bonds. The summed E-state index contributed by atoms with van der Waals surface area (Å²) in [5.74, 6) is -0.787. The highest BCUT2D eigenvalue weighted by Crippen LogP contribution is 2.25. The fourth-order valence-corrected chi connectivity index (χ4v) is 1.68. The lowest BCUT2D eigenvalue weighted by Crippen LogP contribution is -2.33. The SMILES string of the molecule is CCCCC(C)(C)S(=O)(=O)OOC(C)=O. The van der Waals surface area contributed by atoms with Crippen LogP contribution >= 0.6 is 0 Å². The van der Waals surface area contributed by atoms with Gasteiger partial charge in [-0.05, 0) is 20.3 Å². The molecule has 5 nitrogen and oxygen atoms in total. The van der Waals surface area contributed by atoms with Crippen molar-refractivity contribution in [3.8, 4) is 0 Å². The molecule has 0 aromatic carbocycles. The van der Waals surface area contributed by atoms with Crippen LogP contribution in [0.15, 0.2) is 0 Å². The Morgan fingerprint density at radius 2 is 1.87 bits per heavy atom. The number of unbranched alkanes of at least 4 members (excludes halogenated alkanes) is 1. The molecule has 0 heterocycles. The average Bonchev–Trinajstić information content (AvgIpc) is 2.11. The second-order valence-corrected chi connectivity index (χ2v) is 6.11. The van der Waals surface area contributed by atoms with Crippen LogP contribution in [0.1, 0.15) is 47.0 Å². The van der Waals surface area contributed by atoms with Crippen LogP contribution in [0.5, 0.6) is 0 Å². The quantitative estimate of drug-likeness (QED) is 0.521. The van der Waals surface area contributed by atoms with E-state index in [1.165, 1.54) is 0 Å². The zero-order valence-corrected chi connectivity index (χ0v) is 10.4. The van der Waals surface area contributed by atoms with Gasteiger partial charge < -0.3 is 0 Å². The van der Waals surface area contributed by atoms with Crippen molar-refractivity contribution in [2.75, 3.05) is 0 Å². The van der Waals surface area contributed by atoms with Crippen molar-refractivity contribution in [1.29, 1.82) is 0 Å². The number of rotatable bonds is 6. The Hall–Kier alpha value is -0.620. The maximum Gasteiger partial charge on any atom is 0.340 e. The van der Waals surface area contributed by atoms with Gasteiger partial charge in [0.2, 0.25) is 0 Å². The van der Waals surface area contributed by atoms with Crippen molar-refractivity contribution < 1.29 is 22.4 Å². The summed E-state index contributed by atoms with van der Waals surface area (Å²) in [7, 11) is -3.87. The predicted octanol–water partition coefficient (Wildman–Crippen LogP) is 1.78. The molecule has 0 saturated heterocycles. The second kappa shape index (κ2) is 5.46. The Morgan fingerprint density at radius 1 is 1.33 bits per heavy atom. The van der Waals surface area contributed by atoms with Crippen molar-refractivity contribution in [2.45, 2.75) is 51.7 Å². The topological polar surface area (TPSA) is 69.7 Å². The first-order valence-corrected chi connectivity index (χ1v) is 6.25. The van der Waals surface area contributed by atoms with Gasteiger partial charge in [0, 0.05) is 6.92 Å². The van der Waals surface area contributed by atoms with Crippen LogP contribution in [0.2, 0.25) is 0 Å². The Balaban J connectivity index is 4.48. The number of carbonyl (C=O) groups excluding carboxylic acids is 1. The maximum absolute atomic E-state index is 11.6. The van der Waals surface area contributed by atoms with Crippen LogP contribution in [0.4, 0.5) is 0 Å². The van der Waals surface area contributed by atoms with Crippen LogP contribution in [0, 0.1) is 0 Å². The molecule has 0 saturated carbocycles. The summed E-state index contributed by atoms with van der Waals surface area (Å²) >= 11 is 0. The zero-order valence-electron chi connectivity index (χ0n) is 9.57. The minimum absolute atomic E-state index is 0.465. The summed E-state index contributed by atoms with van der Waals surface area (Å²) < 4.78 is 26.3. The van der Waals surface area contributed by atoms with E-state index in [2.05, 4.69) is 9.22 Å². The second-order valence-electron chi connectivity index (χ2n) is 3.96. The molecule has 90 valence electrons. The molecule has 15 heavy (non-hydrogen) atoms. The highest BCUT2D eigenvalue weighted by Gasteiger charge is 2.36. The van der Waals surface area contributed by atoms with Crippen molar-refractivity contribution >= 4 is 16.1 Å². The molecule has 0 bridgehead atoms. The number of carbonyl (C=O) groups is 1. The first-order chi connectivity index (χ1) is 6.73. The normalized spacial score (nSPS) is 12.5. The Bertz CT molecular complexity index is 304. The zero-order chi connectivity index (χ0) is 12.1. The Kier molecular flexibility index (Phi) is 5.23. The molecule has 0 atom stereocenters. The molecule has 0 spiro atoms. The van der Waals surface area contributed by atoms with Gasteiger partial charge in [0.05, 0.1) is 4.75 Å². The lowest BCUT2D eigenvalue weighted by Gasteiger charge is -2.22. The monoisotopic (exact) mass is 238 g/mol. The van der Waals surface area contributed by atoms with Crippen molar-refractivity contribution in [1.82, 2.24) is 0 Å². The van der Waals surface area contributed by atoms with Crippen LogP contribution in [0.3, 0.4) is 0 Å². The highest BCUT2D eigenvalue weighted by molar-refractivity contribution is 7.88. The standard InChI is InChI=1S/C9H18O5S/c1-5-6-7-9(3,4)15(11,12)14-13-8(2)10/h5-7H2,1-4H3. The molecule has 6 heteroatoms. The molecule has 0 aliphatic rings. The largest absolute Gasteiger partial charge is 0.340 e. The van der Waals surface area contributed by atoms with E-state index in [9.17, 15) is 13.2 Å². The van der Waals surface area contributed by atoms with Gasteiger partial charge in [0.15, 0.2) is 0 Å². The predicted molar refractivity (Wildman–Crippen MR) is 55.4 cm³/mol. The molecule has 0 aliphatic carbocycles. The van der Waals surface area contributed by atoms with Gasteiger partial charge in [-0.25, -0.2) is 4.79 Å². The minimum Gasteiger partial charge on any atom is -0.282 e. The van der Waals surface area contributed by atoms with E-state index in [1.54, 1.807) is 13.8 Å². The Labute approximate surface area is 90.8 Å². The van der Waals surface area contributed by atoms with Crippen LogP contribution in [0.25, 0.3) is 0 Å². The van der Waals surface area contributed by atoms with Gasteiger partial charge in [-0.3, -0.25) is 4.89 Å². The van der Waals surface area contributed by atoms with E-state index in [0.29, 0.717) is 6.42 Å². The lowest BCUT2D eigenvalue weighted by molar-refractivity contribution is -0.209. The smallest absolute Gasteiger partial charge is 0.282 e. The summed E-state index contributed by atoms with van der Waals surface area (Å²) in [5, 5.41) is 0. The molecule has 0 rings (SSSR count). The van der Waals surface area contributed by atoms with Gasteiger partial charge in [-0.2, -0.15) is 8.42 Å². The van der Waals surface area contributed by atoms with E-state index in [4.69, 9.17) is 0 Å². The Morgan fingerprint density at radius 3 is 2.27 bits per heavy atom. The van der Waals surface area contributed by atoms with E-state index in [-0.39, 0.29) is 0 Å². The summed E-state index contributed by atoms with van der Waals surface area (Å²) in [6.45, 7) is 6.13. The van der Waals surface area contributed by atoms with Gasteiger partial charge >= 0.3 is 16.1 Å². The van der Waals surface area contributed by atoms with E-state index < -0.39 is 20.8 Å². The van der Waals surface area contributed by atoms with Gasteiger partial charge in [0.1, 0.15) is 0 Å². The molecule has 0 fully saturated rings. The van der Waals surface area contributed by atoms with Crippen molar-refractivity contribution in [3.63, 3.8) is 0 Å². The van der Waals surface area contributed by atoms with Gasteiger partial charge in [0.25, 0.3) is 0 Å². The third-order valence-corrected chi connectivity index (χ3v) is 3.85. The van der Waals surface area contributed by atoms with Crippen molar-refractivity contribution in [3.05, 3.63) is 0 Å². The van der Waals surface area contributed by atoms with Gasteiger partial charge in [-0.15, -0.1) is 0 Å². The summed E-state index contributed by atoms with van der Waals surface area (Å²) in [4.78, 5) is 14.5. The molecule has 0 radical (unpaired) electrons. The van der Waals surface area contributed by atoms with Gasteiger partial charge in [-0.1, -0.05) is 24.1 Å². The summed E-state index contributed by atoms with van der Waals surface area (Å²) in [5.41, 5.74) is 0. The third kappa shape index (κ3) is 4.61. The van der Waals surface area contributed by atoms with E-state index in [0.717, 1.165) is 19.8 Å². The first-order valence-electron chi connectivity index (χ1n) is 4.84. The lowest BCUT2D eigenvalue weighted by atomic mass is 10.1. The number of hydrogen-bond donors (Lipinski definition) is 0. The molecular formula is C9H18O5S. The average molecular weight is 238 g/mol. The summed E-state index contributed by atoms with van der Waals surface area (Å²) in [6.07, 6.45) is 2.13. The summed E-state index contributed by atoms with van der Waals surface area (Å²) in [6, 6.07) is 0. The fourth-order valence-electron chi connectivity index (χ4n) is 0.912. The third-order valence-electron chi connectivity index (χ3n) is 2.05. The van der Waals surface area contributed by atoms with Crippen LogP contribution in [-0.4, -0.2) is 19.1 Å². The highest BCUT2D eigenvalue weighted by atomic mass is 32.2. The van der Waals surface area contributed by atoms with Crippen LogP contribution in [-0.2, 0) is 24.1 Å². The van der Waals surface area contributed by atoms with E-state index in [1.807, 2.05) is 6.92 Å². The molecule has 0 aromatic heterocycles. The molecule has 0 aromatic rings. The molecule has 0 aliphatic heterocycles. The number of hydrogen-bond acceptors (Lipinski definition) is 5. The van der Waals surface area contributed by atoms with Crippen molar-refractivity contribution in [2.24, 2.45) is 0 Å². The van der Waals surface area contributed by atoms with Crippen LogP contribution < -0.4 is 0 Å². The molecular weight excluding hydrogens is 220 g/mol. The van der Waals surface area contributed by atoms with E-state index >= 15 is 0 Å². The molecule has 0 N–H and O–H groups in total. The minimum atomic E-state index is -3.87.